The monoisotopic (exact) mass is 518 g/mol. The van der Waals surface area contributed by atoms with Crippen LogP contribution in [0.25, 0.3) is 0 Å². The molecule has 0 radical (unpaired) electrons. The normalized spacial score (nSPS) is 20.5. The van der Waals surface area contributed by atoms with E-state index in [1.807, 2.05) is 17.0 Å². The van der Waals surface area contributed by atoms with Crippen molar-refractivity contribution >= 4 is 11.8 Å². The highest BCUT2D eigenvalue weighted by molar-refractivity contribution is 5.83. The molecule has 4 N–H and O–H groups in total. The van der Waals surface area contributed by atoms with Crippen LogP contribution < -0.4 is 20.7 Å². The average Bonchev–Trinajstić information content (AvgIpc) is 3.74. The molecule has 1 aliphatic heterocycles. The number of carbonyl (C=O) groups excluding carboxylic acids is 2. The number of amides is 2. The fourth-order valence-electron chi connectivity index (χ4n) is 5.05. The van der Waals surface area contributed by atoms with Crippen molar-refractivity contribution in [1.29, 1.82) is 0 Å². The Morgan fingerprint density at radius 3 is 2.51 bits per heavy atom. The maximum Gasteiger partial charge on any atom is 0.227 e. The summed E-state index contributed by atoms with van der Waals surface area (Å²) in [6.45, 7) is 7.82. The molecule has 1 aromatic carbocycles. The summed E-state index contributed by atoms with van der Waals surface area (Å²) in [5.74, 6) is 0.647. The number of nitrogens with one attached hydrogen (secondary N) is 3. The van der Waals surface area contributed by atoms with Gasteiger partial charge in [-0.05, 0) is 54.9 Å². The predicted molar refractivity (Wildman–Crippen MR) is 143 cm³/mol. The molecule has 3 atom stereocenters. The Hall–Kier alpha value is -2.20. The molecule has 0 bridgehead atoms. The molecule has 1 aromatic rings. The average molecular weight is 519 g/mol. The maximum atomic E-state index is 13.7. The molecule has 0 spiro atoms. The van der Waals surface area contributed by atoms with Crippen LogP contribution in [0, 0.1) is 17.8 Å². The molecule has 2 amide bonds. The van der Waals surface area contributed by atoms with Gasteiger partial charge in [0, 0.05) is 45.9 Å². The third-order valence-corrected chi connectivity index (χ3v) is 7.09. The SMILES string of the molecule is COCCNCc1cc(CN(C(=O)[C@H]2CNC[C@@H](C(=O)NC(CO)CC(C)C)C2)C2CC2)cc(OC)c1. The molecule has 1 aliphatic carbocycles. The highest BCUT2D eigenvalue weighted by Crippen LogP contribution is 2.32. The van der Waals surface area contributed by atoms with Crippen LogP contribution in [-0.2, 0) is 27.4 Å². The molecule has 9 nitrogen and oxygen atoms in total. The van der Waals surface area contributed by atoms with E-state index in [0.717, 1.165) is 42.7 Å². The van der Waals surface area contributed by atoms with Crippen LogP contribution in [0.4, 0.5) is 0 Å². The van der Waals surface area contributed by atoms with Crippen LogP contribution in [0.15, 0.2) is 18.2 Å². The first-order valence-electron chi connectivity index (χ1n) is 13.6. The van der Waals surface area contributed by atoms with Gasteiger partial charge < -0.3 is 35.4 Å². The Bertz CT molecular complexity index is 876. The van der Waals surface area contributed by atoms with Gasteiger partial charge in [-0.3, -0.25) is 9.59 Å². The summed E-state index contributed by atoms with van der Waals surface area (Å²) < 4.78 is 10.6. The van der Waals surface area contributed by atoms with Gasteiger partial charge in [-0.25, -0.2) is 0 Å². The van der Waals surface area contributed by atoms with Gasteiger partial charge >= 0.3 is 0 Å². The standard InChI is InChI=1S/C28H46N4O5/c1-19(2)9-24(18-33)31-27(34)22-13-23(16-30-15-22)28(35)32(25-5-6-25)17-21-10-20(11-26(12-21)37-4)14-29-7-8-36-3/h10-12,19,22-25,29-30,33H,5-9,13-18H2,1-4H3,(H,31,34)/t22-,23+,24?/m0/s1. The molecule has 1 heterocycles. The molecule has 208 valence electrons. The highest BCUT2D eigenvalue weighted by atomic mass is 16.5. The number of nitrogens with zero attached hydrogens (tertiary/aromatic N) is 1. The van der Waals surface area contributed by atoms with E-state index in [1.54, 1.807) is 14.2 Å². The Labute approximate surface area is 221 Å². The summed E-state index contributed by atoms with van der Waals surface area (Å²) in [4.78, 5) is 28.7. The summed E-state index contributed by atoms with van der Waals surface area (Å²) in [6.07, 6.45) is 3.27. The van der Waals surface area contributed by atoms with Gasteiger partial charge in [0.1, 0.15) is 5.75 Å². The van der Waals surface area contributed by atoms with Gasteiger partial charge in [-0.1, -0.05) is 19.9 Å². The fraction of sp³-hybridized carbons (Fsp3) is 0.714. The van der Waals surface area contributed by atoms with E-state index in [1.165, 1.54) is 0 Å². The number of methoxy groups -OCH3 is 2. The van der Waals surface area contributed by atoms with Crippen molar-refractivity contribution in [2.24, 2.45) is 17.8 Å². The zero-order valence-electron chi connectivity index (χ0n) is 22.9. The third-order valence-electron chi connectivity index (χ3n) is 7.09. The van der Waals surface area contributed by atoms with Crippen molar-refractivity contribution in [2.75, 3.05) is 47.1 Å². The number of rotatable bonds is 15. The zero-order valence-corrected chi connectivity index (χ0v) is 22.9. The van der Waals surface area contributed by atoms with Crippen molar-refractivity contribution < 1.29 is 24.2 Å². The Kier molecular flexibility index (Phi) is 11.6. The first-order chi connectivity index (χ1) is 17.8. The number of hydrogen-bond donors (Lipinski definition) is 4. The van der Waals surface area contributed by atoms with Crippen LogP contribution in [0.5, 0.6) is 5.75 Å². The fourth-order valence-corrected chi connectivity index (χ4v) is 5.05. The lowest BCUT2D eigenvalue weighted by Gasteiger charge is -2.33. The van der Waals surface area contributed by atoms with Gasteiger partial charge in [0.05, 0.1) is 38.2 Å². The number of benzene rings is 1. The quantitative estimate of drug-likeness (QED) is 0.261. The molecule has 9 heteroatoms. The van der Waals surface area contributed by atoms with E-state index in [0.29, 0.717) is 45.1 Å². The summed E-state index contributed by atoms with van der Waals surface area (Å²) >= 11 is 0. The molecule has 2 aliphatic rings. The molecule has 3 rings (SSSR count). The highest BCUT2D eigenvalue weighted by Gasteiger charge is 2.39. The van der Waals surface area contributed by atoms with E-state index < -0.39 is 0 Å². The second-order valence-electron chi connectivity index (χ2n) is 10.9. The van der Waals surface area contributed by atoms with E-state index in [-0.39, 0.29) is 42.3 Å². The predicted octanol–water partition coefficient (Wildman–Crippen LogP) is 1.67. The van der Waals surface area contributed by atoms with Gasteiger partial charge in [-0.15, -0.1) is 0 Å². The molecule has 1 saturated carbocycles. The van der Waals surface area contributed by atoms with Crippen molar-refractivity contribution in [2.45, 2.75) is 64.7 Å². The largest absolute Gasteiger partial charge is 0.497 e. The summed E-state index contributed by atoms with van der Waals surface area (Å²) in [6, 6.07) is 6.14. The Morgan fingerprint density at radius 1 is 1.14 bits per heavy atom. The van der Waals surface area contributed by atoms with E-state index >= 15 is 0 Å². The summed E-state index contributed by atoms with van der Waals surface area (Å²) in [5, 5.41) is 19.3. The minimum atomic E-state index is -0.286. The topological polar surface area (TPSA) is 112 Å². The van der Waals surface area contributed by atoms with Crippen LogP contribution in [0.1, 0.15) is 50.7 Å². The van der Waals surface area contributed by atoms with Crippen LogP contribution in [0.2, 0.25) is 0 Å². The molecule has 0 aromatic heterocycles. The van der Waals surface area contributed by atoms with Gasteiger partial charge in [-0.2, -0.15) is 0 Å². The molecular formula is C28H46N4O5. The second kappa shape index (κ2) is 14.7. The lowest BCUT2D eigenvalue weighted by Crippen LogP contribution is -2.51. The number of aliphatic hydroxyl groups excluding tert-OH is 1. The van der Waals surface area contributed by atoms with E-state index in [2.05, 4.69) is 35.9 Å². The van der Waals surface area contributed by atoms with E-state index in [4.69, 9.17) is 9.47 Å². The van der Waals surface area contributed by atoms with Crippen LogP contribution in [0.3, 0.4) is 0 Å². The van der Waals surface area contributed by atoms with Crippen molar-refractivity contribution in [3.05, 3.63) is 29.3 Å². The van der Waals surface area contributed by atoms with Crippen molar-refractivity contribution in [1.82, 2.24) is 20.9 Å². The third kappa shape index (κ3) is 9.25. The van der Waals surface area contributed by atoms with Gasteiger partial charge in [0.25, 0.3) is 0 Å². The molecule has 37 heavy (non-hydrogen) atoms. The number of carbonyl (C=O) groups is 2. The number of ether oxygens (including phenoxy) is 2. The van der Waals surface area contributed by atoms with Crippen LogP contribution in [-0.4, -0.2) is 81.0 Å². The molecule has 1 unspecified atom stereocenters. The molecular weight excluding hydrogens is 472 g/mol. The second-order valence-corrected chi connectivity index (χ2v) is 10.9. The van der Waals surface area contributed by atoms with Crippen molar-refractivity contribution in [3.8, 4) is 5.75 Å². The van der Waals surface area contributed by atoms with Gasteiger partial charge in [0.2, 0.25) is 11.8 Å². The minimum Gasteiger partial charge on any atom is -0.497 e. The van der Waals surface area contributed by atoms with E-state index in [9.17, 15) is 14.7 Å². The zero-order chi connectivity index (χ0) is 26.8. The lowest BCUT2D eigenvalue weighted by molar-refractivity contribution is -0.139. The lowest BCUT2D eigenvalue weighted by atomic mass is 9.88. The van der Waals surface area contributed by atoms with Crippen LogP contribution >= 0.6 is 0 Å². The Balaban J connectivity index is 1.65. The number of piperidine rings is 1. The first-order valence-corrected chi connectivity index (χ1v) is 13.6. The Morgan fingerprint density at radius 2 is 1.86 bits per heavy atom. The number of aliphatic hydroxyl groups is 1. The summed E-state index contributed by atoms with van der Waals surface area (Å²) in [5.41, 5.74) is 2.14. The number of hydrogen-bond acceptors (Lipinski definition) is 7. The minimum absolute atomic E-state index is 0.0771. The van der Waals surface area contributed by atoms with Crippen molar-refractivity contribution in [3.63, 3.8) is 0 Å². The smallest absolute Gasteiger partial charge is 0.227 e. The first kappa shape index (κ1) is 29.4. The molecule has 1 saturated heterocycles. The van der Waals surface area contributed by atoms with Gasteiger partial charge in [0.15, 0.2) is 0 Å². The molecule has 2 fully saturated rings. The summed E-state index contributed by atoms with van der Waals surface area (Å²) in [7, 11) is 3.34. The maximum absolute atomic E-state index is 13.7.